The number of nitrogens with one attached hydrogen (secondary N) is 1. The van der Waals surface area contributed by atoms with Gasteiger partial charge in [0.15, 0.2) is 0 Å². The van der Waals surface area contributed by atoms with Gasteiger partial charge in [0, 0.05) is 15.8 Å². The number of benzene rings is 1. The molecule has 0 heterocycles. The fourth-order valence-corrected chi connectivity index (χ4v) is 3.54. The van der Waals surface area contributed by atoms with Gasteiger partial charge in [0.25, 0.3) is 0 Å². The summed E-state index contributed by atoms with van der Waals surface area (Å²) in [7, 11) is 0. The Morgan fingerprint density at radius 1 is 1.28 bits per heavy atom. The van der Waals surface area contributed by atoms with Crippen molar-refractivity contribution < 1.29 is 18.7 Å². The minimum Gasteiger partial charge on any atom is -0.465 e. The van der Waals surface area contributed by atoms with Crippen molar-refractivity contribution in [3.8, 4) is 0 Å². The van der Waals surface area contributed by atoms with Crippen LogP contribution in [0.2, 0.25) is 0 Å². The molecule has 0 bridgehead atoms. The van der Waals surface area contributed by atoms with Crippen molar-refractivity contribution in [3.05, 3.63) is 22.4 Å². The highest BCUT2D eigenvalue weighted by Crippen LogP contribution is 2.37. The molecule has 1 rings (SSSR count). The van der Waals surface area contributed by atoms with Gasteiger partial charge in [-0.25, -0.2) is 4.39 Å². The molecule has 1 unspecified atom stereocenters. The summed E-state index contributed by atoms with van der Waals surface area (Å²) in [5.74, 6) is -0.787. The van der Waals surface area contributed by atoms with E-state index in [-0.39, 0.29) is 35.8 Å². The second kappa shape index (κ2) is 10.2. The minimum absolute atomic E-state index is 0.0373. The SMILES string of the molecule is CCC(=O)Nc1cc(SC(C(=O)OCC(C)C)C(C)C)c(Br)cc1F. The van der Waals surface area contributed by atoms with Crippen LogP contribution >= 0.6 is 27.7 Å². The van der Waals surface area contributed by atoms with E-state index in [2.05, 4.69) is 21.2 Å². The first-order valence-corrected chi connectivity index (χ1v) is 9.95. The van der Waals surface area contributed by atoms with Gasteiger partial charge in [-0.1, -0.05) is 34.6 Å². The number of esters is 1. The summed E-state index contributed by atoms with van der Waals surface area (Å²) in [6.45, 7) is 9.89. The Bertz CT molecular complexity index is 623. The third-order valence-electron chi connectivity index (χ3n) is 3.27. The molecule has 1 aromatic carbocycles. The number of amides is 1. The molecule has 1 aromatic rings. The first-order valence-electron chi connectivity index (χ1n) is 8.27. The van der Waals surface area contributed by atoms with Crippen LogP contribution in [0, 0.1) is 17.7 Å². The Hall–Kier alpha value is -1.08. The highest BCUT2D eigenvalue weighted by molar-refractivity contribution is 9.10. The smallest absolute Gasteiger partial charge is 0.319 e. The first kappa shape index (κ1) is 22.0. The van der Waals surface area contributed by atoms with E-state index >= 15 is 0 Å². The van der Waals surface area contributed by atoms with Crippen LogP contribution in [0.5, 0.6) is 0 Å². The zero-order chi connectivity index (χ0) is 19.1. The topological polar surface area (TPSA) is 55.4 Å². The monoisotopic (exact) mass is 433 g/mol. The van der Waals surface area contributed by atoms with Gasteiger partial charge in [0.2, 0.25) is 5.91 Å². The van der Waals surface area contributed by atoms with Crippen LogP contribution in [0.15, 0.2) is 21.5 Å². The fraction of sp³-hybridized carbons (Fsp3) is 0.556. The van der Waals surface area contributed by atoms with Gasteiger partial charge in [0.1, 0.15) is 11.1 Å². The average molecular weight is 434 g/mol. The summed E-state index contributed by atoms with van der Waals surface area (Å²) in [6, 6.07) is 2.84. The molecule has 7 heteroatoms. The third kappa shape index (κ3) is 6.98. The Kier molecular flexibility index (Phi) is 8.93. The first-order chi connectivity index (χ1) is 11.6. The number of hydrogen-bond acceptors (Lipinski definition) is 4. The van der Waals surface area contributed by atoms with Crippen molar-refractivity contribution in [2.45, 2.75) is 51.2 Å². The lowest BCUT2D eigenvalue weighted by Crippen LogP contribution is -2.27. The number of carbonyl (C=O) groups excluding carboxylic acids is 2. The summed E-state index contributed by atoms with van der Waals surface area (Å²) in [5, 5.41) is 2.11. The van der Waals surface area contributed by atoms with Crippen LogP contribution < -0.4 is 5.32 Å². The molecule has 0 aromatic heterocycles. The molecule has 4 nitrogen and oxygen atoms in total. The number of halogens is 2. The van der Waals surface area contributed by atoms with Crippen LogP contribution in [-0.2, 0) is 14.3 Å². The van der Waals surface area contributed by atoms with Crippen molar-refractivity contribution in [1.82, 2.24) is 0 Å². The van der Waals surface area contributed by atoms with E-state index in [1.165, 1.54) is 17.8 Å². The molecule has 0 aliphatic heterocycles. The molecule has 140 valence electrons. The molecule has 0 radical (unpaired) electrons. The van der Waals surface area contributed by atoms with Crippen molar-refractivity contribution in [3.63, 3.8) is 0 Å². The molecule has 0 saturated carbocycles. The van der Waals surface area contributed by atoms with Crippen LogP contribution in [-0.4, -0.2) is 23.7 Å². The van der Waals surface area contributed by atoms with Crippen LogP contribution in [0.4, 0.5) is 10.1 Å². The summed E-state index contributed by atoms with van der Waals surface area (Å²) in [5.41, 5.74) is 0.107. The number of hydrogen-bond donors (Lipinski definition) is 1. The maximum Gasteiger partial charge on any atom is 0.319 e. The molecular formula is C18H25BrFNO3S. The Morgan fingerprint density at radius 2 is 1.92 bits per heavy atom. The van der Waals surface area contributed by atoms with Gasteiger partial charge in [0.05, 0.1) is 12.3 Å². The van der Waals surface area contributed by atoms with Crippen molar-refractivity contribution in [1.29, 1.82) is 0 Å². The van der Waals surface area contributed by atoms with Crippen molar-refractivity contribution in [2.24, 2.45) is 11.8 Å². The lowest BCUT2D eigenvalue weighted by molar-refractivity contribution is -0.144. The molecule has 0 saturated heterocycles. The molecule has 1 N–H and O–H groups in total. The molecule has 0 aliphatic carbocycles. The van der Waals surface area contributed by atoms with E-state index in [1.54, 1.807) is 13.0 Å². The van der Waals surface area contributed by atoms with Gasteiger partial charge in [-0.3, -0.25) is 9.59 Å². The molecule has 0 fully saturated rings. The number of rotatable bonds is 8. The quantitative estimate of drug-likeness (QED) is 0.449. The fourth-order valence-electron chi connectivity index (χ4n) is 1.88. The highest BCUT2D eigenvalue weighted by atomic mass is 79.9. The predicted molar refractivity (Wildman–Crippen MR) is 103 cm³/mol. The van der Waals surface area contributed by atoms with Crippen LogP contribution in [0.1, 0.15) is 41.0 Å². The molecular weight excluding hydrogens is 409 g/mol. The van der Waals surface area contributed by atoms with Gasteiger partial charge >= 0.3 is 5.97 Å². The number of anilines is 1. The van der Waals surface area contributed by atoms with Crippen molar-refractivity contribution in [2.75, 3.05) is 11.9 Å². The van der Waals surface area contributed by atoms with Gasteiger partial charge in [-0.15, -0.1) is 11.8 Å². The van der Waals surface area contributed by atoms with E-state index < -0.39 is 11.1 Å². The molecule has 0 spiro atoms. The van der Waals surface area contributed by atoms with Gasteiger partial charge in [-0.2, -0.15) is 0 Å². The van der Waals surface area contributed by atoms with E-state index in [9.17, 15) is 14.0 Å². The molecule has 25 heavy (non-hydrogen) atoms. The summed E-state index contributed by atoms with van der Waals surface area (Å²) >= 11 is 4.63. The van der Waals surface area contributed by atoms with Gasteiger partial charge in [-0.05, 0) is 39.9 Å². The van der Waals surface area contributed by atoms with E-state index in [4.69, 9.17) is 4.74 Å². The van der Waals surface area contributed by atoms with E-state index in [0.29, 0.717) is 16.0 Å². The summed E-state index contributed by atoms with van der Waals surface area (Å²) in [6.07, 6.45) is 0.258. The lowest BCUT2D eigenvalue weighted by Gasteiger charge is -2.21. The zero-order valence-corrected chi connectivity index (χ0v) is 17.6. The largest absolute Gasteiger partial charge is 0.465 e. The predicted octanol–water partition coefficient (Wildman–Crippen LogP) is 5.25. The maximum absolute atomic E-state index is 14.0. The zero-order valence-electron chi connectivity index (χ0n) is 15.2. The van der Waals surface area contributed by atoms with Gasteiger partial charge < -0.3 is 10.1 Å². The van der Waals surface area contributed by atoms with E-state index in [0.717, 1.165) is 0 Å². The third-order valence-corrected chi connectivity index (χ3v) is 5.77. The molecule has 1 amide bonds. The maximum atomic E-state index is 14.0. The summed E-state index contributed by atoms with van der Waals surface area (Å²) in [4.78, 5) is 24.6. The van der Waals surface area contributed by atoms with E-state index in [1.807, 2.05) is 27.7 Å². The second-order valence-corrected chi connectivity index (χ2v) is 8.51. The molecule has 1 atom stereocenters. The minimum atomic E-state index is -0.526. The Balaban J connectivity index is 3.02. The van der Waals surface area contributed by atoms with Crippen LogP contribution in [0.3, 0.4) is 0 Å². The highest BCUT2D eigenvalue weighted by Gasteiger charge is 2.26. The number of thioether (sulfide) groups is 1. The second-order valence-electron chi connectivity index (χ2n) is 6.47. The Labute approximate surface area is 161 Å². The normalized spacial score (nSPS) is 12.4. The number of carbonyl (C=O) groups is 2. The molecule has 0 aliphatic rings. The standard InChI is InChI=1S/C18H25BrFNO3S/c1-6-16(22)21-14-8-15(12(19)7-13(14)20)25-17(11(4)5)18(23)24-9-10(2)3/h7-8,10-11,17H,6,9H2,1-5H3,(H,21,22). The summed E-state index contributed by atoms with van der Waals surface area (Å²) < 4.78 is 19.9. The number of ether oxygens (including phenoxy) is 1. The average Bonchev–Trinajstić information content (AvgIpc) is 2.53. The Morgan fingerprint density at radius 3 is 2.44 bits per heavy atom. The lowest BCUT2D eigenvalue weighted by atomic mass is 10.1. The van der Waals surface area contributed by atoms with Crippen LogP contribution in [0.25, 0.3) is 0 Å². The van der Waals surface area contributed by atoms with Crippen molar-refractivity contribution >= 4 is 45.3 Å².